The molecule has 1 saturated carbocycles. The molecule has 37 heavy (non-hydrogen) atoms. The van der Waals surface area contributed by atoms with Gasteiger partial charge >= 0.3 is 0 Å². The van der Waals surface area contributed by atoms with Gasteiger partial charge in [0.2, 0.25) is 11.7 Å². The highest BCUT2D eigenvalue weighted by Gasteiger charge is 2.66. The molecule has 4 heterocycles. The number of fused-ring (bicyclic) bond motifs is 3. The average Bonchev–Trinajstić information content (AvgIpc) is 3.46. The first-order chi connectivity index (χ1) is 18.0. The first kappa shape index (κ1) is 21.9. The minimum atomic E-state index is -0.686. The Morgan fingerprint density at radius 1 is 1.11 bits per heavy atom. The number of anilines is 4. The Morgan fingerprint density at radius 3 is 2.73 bits per heavy atom. The quantitative estimate of drug-likeness (QED) is 0.367. The molecule has 0 bridgehead atoms. The Labute approximate surface area is 212 Å². The average molecular weight is 500 g/mol. The summed E-state index contributed by atoms with van der Waals surface area (Å²) in [5.74, 6) is 2.87. The molecule has 0 unspecified atom stereocenters. The molecule has 0 radical (unpaired) electrons. The van der Waals surface area contributed by atoms with Gasteiger partial charge in [-0.25, -0.2) is 9.97 Å². The van der Waals surface area contributed by atoms with Crippen molar-refractivity contribution in [3.05, 3.63) is 54.4 Å². The van der Waals surface area contributed by atoms with Crippen LogP contribution in [-0.4, -0.2) is 64.2 Å². The Morgan fingerprint density at radius 2 is 1.95 bits per heavy atom. The fourth-order valence-electron chi connectivity index (χ4n) is 5.59. The maximum Gasteiger partial charge on any atom is 0.237 e. The number of carbonyl (C=O) groups is 1. The third-order valence-electron chi connectivity index (χ3n) is 7.58. The Kier molecular flexibility index (Phi) is 4.61. The second kappa shape index (κ2) is 7.81. The lowest BCUT2D eigenvalue weighted by Gasteiger charge is -2.37. The van der Waals surface area contributed by atoms with Gasteiger partial charge in [-0.2, -0.15) is 5.10 Å². The molecule has 1 amide bonds. The molecule has 1 aliphatic carbocycles. The van der Waals surface area contributed by atoms with Crippen LogP contribution in [0.15, 0.2) is 48.8 Å². The van der Waals surface area contributed by atoms with Crippen LogP contribution < -0.4 is 25.0 Å². The number of aliphatic hydroxyl groups excluding tert-OH is 1. The van der Waals surface area contributed by atoms with Crippen molar-refractivity contribution in [3.63, 3.8) is 0 Å². The number of ether oxygens (including phenoxy) is 2. The third-order valence-corrected chi connectivity index (χ3v) is 7.58. The number of amides is 1. The zero-order valence-electron chi connectivity index (χ0n) is 20.3. The maximum absolute atomic E-state index is 13.2. The van der Waals surface area contributed by atoms with Crippen LogP contribution in [0.4, 0.5) is 23.1 Å². The van der Waals surface area contributed by atoms with Gasteiger partial charge in [0.25, 0.3) is 0 Å². The van der Waals surface area contributed by atoms with Gasteiger partial charge in [0.1, 0.15) is 17.5 Å². The highest BCUT2D eigenvalue weighted by molar-refractivity contribution is 6.09. The van der Waals surface area contributed by atoms with E-state index in [9.17, 15) is 9.90 Å². The summed E-state index contributed by atoms with van der Waals surface area (Å²) in [6.45, 7) is 0.977. The minimum Gasteiger partial charge on any atom is -0.497 e. The molecular formula is C26H25N7O4. The van der Waals surface area contributed by atoms with Gasteiger partial charge in [0, 0.05) is 24.2 Å². The summed E-state index contributed by atoms with van der Waals surface area (Å²) in [7, 11) is 3.19. The van der Waals surface area contributed by atoms with Crippen molar-refractivity contribution in [2.75, 3.05) is 42.8 Å². The topological polar surface area (TPSA) is 127 Å². The number of methoxy groups -OCH3 is 2. The molecule has 2 aliphatic heterocycles. The van der Waals surface area contributed by atoms with Gasteiger partial charge in [-0.3, -0.25) is 9.48 Å². The number of β-amino-alcohol motifs (C(OH)–C–C–N with tert-alkyl or cyclic N) is 1. The smallest absolute Gasteiger partial charge is 0.237 e. The van der Waals surface area contributed by atoms with Crippen LogP contribution in [-0.2, 0) is 10.2 Å². The number of benzene rings is 2. The lowest BCUT2D eigenvalue weighted by molar-refractivity contribution is -0.118. The molecule has 3 aliphatic rings. The standard InChI is InChI=1S/C26H25N7O4/c1-36-15-7-8-18-17(9-15)26(25(35)29-18)10-20(26)33-19-6-4-3-5-16(19)22(31-33)30-23-21(37-2)24(28-13-27-23)32-11-14(34)12-32/h3-9,13-14,20,34H,10-12H2,1-2H3,(H,29,35)(H,27,28,30,31)/t20-,26+/m0/s1. The number of nitrogens with one attached hydrogen (secondary N) is 2. The van der Waals surface area contributed by atoms with E-state index in [0.717, 1.165) is 22.2 Å². The SMILES string of the molecule is COc1ccc2c(c1)[C@@]1(C[C@@H]1n1nc(Nc3ncnc(N4CC(O)C4)c3OC)c3ccccc31)C(=O)N2. The van der Waals surface area contributed by atoms with E-state index in [1.807, 2.05) is 52.0 Å². The van der Waals surface area contributed by atoms with Crippen molar-refractivity contribution in [1.82, 2.24) is 19.7 Å². The van der Waals surface area contributed by atoms with Crippen LogP contribution in [0, 0.1) is 0 Å². The van der Waals surface area contributed by atoms with Crippen LogP contribution in [0.1, 0.15) is 18.0 Å². The van der Waals surface area contributed by atoms with Gasteiger partial charge < -0.3 is 30.1 Å². The number of para-hydroxylation sites is 1. The van der Waals surface area contributed by atoms with Crippen molar-refractivity contribution in [2.45, 2.75) is 24.0 Å². The van der Waals surface area contributed by atoms with Crippen LogP contribution >= 0.6 is 0 Å². The molecular weight excluding hydrogens is 474 g/mol. The van der Waals surface area contributed by atoms with Gasteiger partial charge in [-0.15, -0.1) is 0 Å². The third kappa shape index (κ3) is 3.10. The number of aromatic nitrogens is 4. The summed E-state index contributed by atoms with van der Waals surface area (Å²) in [6.07, 6.45) is 1.73. The van der Waals surface area contributed by atoms with Crippen molar-refractivity contribution >= 4 is 40.0 Å². The molecule has 1 spiro atoms. The van der Waals surface area contributed by atoms with E-state index in [1.54, 1.807) is 14.2 Å². The number of aliphatic hydroxyl groups is 1. The second-order valence-electron chi connectivity index (χ2n) is 9.63. The predicted molar refractivity (Wildman–Crippen MR) is 137 cm³/mol. The van der Waals surface area contributed by atoms with Gasteiger partial charge in [-0.05, 0) is 42.3 Å². The fourth-order valence-corrected chi connectivity index (χ4v) is 5.59. The Balaban J connectivity index is 1.28. The van der Waals surface area contributed by atoms with Crippen molar-refractivity contribution in [1.29, 1.82) is 0 Å². The van der Waals surface area contributed by atoms with E-state index >= 15 is 0 Å². The van der Waals surface area contributed by atoms with Gasteiger partial charge in [-0.1, -0.05) is 12.1 Å². The molecule has 11 heteroatoms. The van der Waals surface area contributed by atoms with Gasteiger partial charge in [0.05, 0.1) is 31.9 Å². The molecule has 2 aromatic carbocycles. The monoisotopic (exact) mass is 499 g/mol. The normalized spacial score (nSPS) is 22.1. The van der Waals surface area contributed by atoms with E-state index in [0.29, 0.717) is 48.5 Å². The largest absolute Gasteiger partial charge is 0.497 e. The number of carbonyl (C=O) groups excluding carboxylic acids is 1. The van der Waals surface area contributed by atoms with Gasteiger partial charge in [0.15, 0.2) is 17.5 Å². The summed E-state index contributed by atoms with van der Waals surface area (Å²) < 4.78 is 13.0. The molecule has 2 atom stereocenters. The van der Waals surface area contributed by atoms with Crippen LogP contribution in [0.2, 0.25) is 0 Å². The highest BCUT2D eigenvalue weighted by Crippen LogP contribution is 2.63. The minimum absolute atomic E-state index is 0.0197. The Bertz CT molecular complexity index is 1560. The van der Waals surface area contributed by atoms with Crippen LogP contribution in [0.25, 0.3) is 10.9 Å². The number of hydrogen-bond acceptors (Lipinski definition) is 9. The van der Waals surface area contributed by atoms with Crippen LogP contribution in [0.3, 0.4) is 0 Å². The van der Waals surface area contributed by atoms with Crippen LogP contribution in [0.5, 0.6) is 11.5 Å². The van der Waals surface area contributed by atoms with E-state index in [-0.39, 0.29) is 18.1 Å². The fraction of sp³-hybridized carbons (Fsp3) is 0.308. The zero-order chi connectivity index (χ0) is 25.3. The van der Waals surface area contributed by atoms with Crippen molar-refractivity contribution < 1.29 is 19.4 Å². The number of rotatable bonds is 6. The number of hydrogen-bond donors (Lipinski definition) is 3. The lowest BCUT2D eigenvalue weighted by Crippen LogP contribution is -2.51. The van der Waals surface area contributed by atoms with E-state index in [1.165, 1.54) is 6.33 Å². The molecule has 7 rings (SSSR count). The molecule has 4 aromatic rings. The van der Waals surface area contributed by atoms with E-state index in [4.69, 9.17) is 14.6 Å². The molecule has 2 aromatic heterocycles. The summed E-state index contributed by atoms with van der Waals surface area (Å²) in [4.78, 5) is 23.9. The molecule has 3 N–H and O–H groups in total. The zero-order valence-corrected chi connectivity index (χ0v) is 20.3. The number of nitrogens with zero attached hydrogens (tertiary/aromatic N) is 5. The summed E-state index contributed by atoms with van der Waals surface area (Å²) in [5, 5.41) is 21.9. The molecule has 11 nitrogen and oxygen atoms in total. The van der Waals surface area contributed by atoms with Crippen molar-refractivity contribution in [2.24, 2.45) is 0 Å². The van der Waals surface area contributed by atoms with Crippen molar-refractivity contribution in [3.8, 4) is 11.5 Å². The maximum atomic E-state index is 13.2. The first-order valence-corrected chi connectivity index (χ1v) is 12.1. The first-order valence-electron chi connectivity index (χ1n) is 12.1. The Hall–Kier alpha value is -4.38. The molecule has 188 valence electrons. The predicted octanol–water partition coefficient (Wildman–Crippen LogP) is 2.60. The lowest BCUT2D eigenvalue weighted by atomic mass is 9.96. The van der Waals surface area contributed by atoms with E-state index < -0.39 is 5.41 Å². The summed E-state index contributed by atoms with van der Waals surface area (Å²) >= 11 is 0. The summed E-state index contributed by atoms with van der Waals surface area (Å²) in [6, 6.07) is 13.4. The molecule has 1 saturated heterocycles. The second-order valence-corrected chi connectivity index (χ2v) is 9.63. The van der Waals surface area contributed by atoms with E-state index in [2.05, 4.69) is 20.6 Å². The molecule has 2 fully saturated rings. The highest BCUT2D eigenvalue weighted by atomic mass is 16.5. The summed E-state index contributed by atoms with van der Waals surface area (Å²) in [5.41, 5.74) is 1.98.